The maximum Gasteiger partial charge on any atom is 0.278 e. The van der Waals surface area contributed by atoms with Gasteiger partial charge in [-0.2, -0.15) is 0 Å². The van der Waals surface area contributed by atoms with Crippen LogP contribution >= 0.6 is 0 Å². The normalized spacial score (nSPS) is 14.8. The zero-order chi connectivity index (χ0) is 21.5. The quantitative estimate of drug-likeness (QED) is 0.502. The van der Waals surface area contributed by atoms with Crippen molar-refractivity contribution in [1.82, 2.24) is 10.4 Å². The van der Waals surface area contributed by atoms with Crippen LogP contribution in [0.15, 0.2) is 48.5 Å². The molecule has 0 bridgehead atoms. The number of benzene rings is 2. The summed E-state index contributed by atoms with van der Waals surface area (Å²) in [5.41, 5.74) is 11.0. The Balaban J connectivity index is 1.57. The zero-order valence-electron chi connectivity index (χ0n) is 17.0. The first-order valence-electron chi connectivity index (χ1n) is 9.94. The summed E-state index contributed by atoms with van der Waals surface area (Å²) in [5, 5.41) is 10.0. The molecule has 1 fully saturated rings. The van der Waals surface area contributed by atoms with Crippen LogP contribution in [0.1, 0.15) is 45.8 Å². The molecule has 2 aromatic rings. The molecule has 1 aliphatic rings. The summed E-state index contributed by atoms with van der Waals surface area (Å²) in [6, 6.07) is 12.9. The molecule has 0 saturated carbocycles. The van der Waals surface area contributed by atoms with Crippen molar-refractivity contribution < 1.29 is 19.5 Å². The van der Waals surface area contributed by atoms with E-state index in [-0.39, 0.29) is 17.2 Å². The lowest BCUT2D eigenvalue weighted by Gasteiger charge is -2.31. The highest BCUT2D eigenvalue weighted by molar-refractivity contribution is 5.97. The standard InChI is InChI=1S/C23H27N3O4/c1-30-25-23(29)20-7-5-16(14-21(20)27)6-8-22(28)26-11-9-18(10-12-26)19-4-2-3-17(13-19)15-24/h2-8,13-14,18,27H,9-12,15,24H2,1H3,(H,25,29)/b8-6+. The molecule has 2 aromatic carbocycles. The fraction of sp³-hybridized carbons (Fsp3) is 0.304. The number of carbonyl (C=O) groups excluding carboxylic acids is 2. The molecule has 4 N–H and O–H groups in total. The molecule has 158 valence electrons. The third kappa shape index (κ3) is 5.25. The number of phenols is 1. The number of hydrogen-bond acceptors (Lipinski definition) is 5. The monoisotopic (exact) mass is 409 g/mol. The van der Waals surface area contributed by atoms with Gasteiger partial charge in [-0.15, -0.1) is 0 Å². The van der Waals surface area contributed by atoms with E-state index in [1.807, 2.05) is 17.0 Å². The molecule has 1 aliphatic heterocycles. The predicted octanol–water partition coefficient (Wildman–Crippen LogP) is 2.56. The summed E-state index contributed by atoms with van der Waals surface area (Å²) in [4.78, 5) is 30.7. The van der Waals surface area contributed by atoms with Gasteiger partial charge in [0.2, 0.25) is 5.91 Å². The Morgan fingerprint density at radius 3 is 2.67 bits per heavy atom. The maximum atomic E-state index is 12.5. The van der Waals surface area contributed by atoms with Gasteiger partial charge >= 0.3 is 0 Å². The molecule has 0 aromatic heterocycles. The maximum absolute atomic E-state index is 12.5. The number of carbonyl (C=O) groups is 2. The molecule has 0 unspecified atom stereocenters. The molecule has 1 heterocycles. The smallest absolute Gasteiger partial charge is 0.278 e. The van der Waals surface area contributed by atoms with Crippen molar-refractivity contribution in [3.8, 4) is 5.75 Å². The number of phenolic OH excluding ortho intramolecular Hbond substituents is 1. The molecule has 0 radical (unpaired) electrons. The topological polar surface area (TPSA) is 105 Å². The summed E-state index contributed by atoms with van der Waals surface area (Å²) < 4.78 is 0. The van der Waals surface area contributed by atoms with Crippen molar-refractivity contribution in [2.24, 2.45) is 5.73 Å². The third-order valence-corrected chi connectivity index (χ3v) is 5.34. The van der Waals surface area contributed by atoms with E-state index in [9.17, 15) is 14.7 Å². The molecule has 7 nitrogen and oxygen atoms in total. The van der Waals surface area contributed by atoms with Crippen LogP contribution in [0.3, 0.4) is 0 Å². The summed E-state index contributed by atoms with van der Waals surface area (Å²) in [7, 11) is 1.32. The molecular weight excluding hydrogens is 382 g/mol. The number of nitrogens with one attached hydrogen (secondary N) is 1. The number of nitrogens with two attached hydrogens (primary N) is 1. The molecule has 7 heteroatoms. The van der Waals surface area contributed by atoms with Crippen molar-refractivity contribution in [1.29, 1.82) is 0 Å². The summed E-state index contributed by atoms with van der Waals surface area (Å²) in [6.45, 7) is 1.92. The lowest BCUT2D eigenvalue weighted by atomic mass is 9.88. The Morgan fingerprint density at radius 2 is 2.00 bits per heavy atom. The van der Waals surface area contributed by atoms with E-state index in [2.05, 4.69) is 22.5 Å². The lowest BCUT2D eigenvalue weighted by Crippen LogP contribution is -2.36. The molecule has 0 spiro atoms. The lowest BCUT2D eigenvalue weighted by molar-refractivity contribution is -0.126. The Kier molecular flexibility index (Phi) is 7.21. The molecule has 2 amide bonds. The van der Waals surface area contributed by atoms with Gasteiger partial charge in [-0.05, 0) is 53.7 Å². The first-order valence-corrected chi connectivity index (χ1v) is 9.94. The van der Waals surface area contributed by atoms with Crippen LogP contribution in [0.2, 0.25) is 0 Å². The van der Waals surface area contributed by atoms with Gasteiger partial charge in [0, 0.05) is 25.7 Å². The number of likely N-dealkylation sites (tertiary alicyclic amines) is 1. The largest absolute Gasteiger partial charge is 0.507 e. The zero-order valence-corrected chi connectivity index (χ0v) is 17.0. The molecule has 30 heavy (non-hydrogen) atoms. The number of amides is 2. The van der Waals surface area contributed by atoms with Gasteiger partial charge in [0.1, 0.15) is 5.75 Å². The van der Waals surface area contributed by atoms with Crippen molar-refractivity contribution in [2.45, 2.75) is 25.3 Å². The number of hydroxylamine groups is 1. The average molecular weight is 409 g/mol. The highest BCUT2D eigenvalue weighted by Crippen LogP contribution is 2.28. The van der Waals surface area contributed by atoms with Crippen molar-refractivity contribution in [3.05, 3.63) is 70.8 Å². The fourth-order valence-electron chi connectivity index (χ4n) is 3.67. The second-order valence-corrected chi connectivity index (χ2v) is 7.29. The van der Waals surface area contributed by atoms with Crippen LogP contribution in [-0.4, -0.2) is 42.0 Å². The number of nitrogens with zero attached hydrogens (tertiary/aromatic N) is 1. The molecule has 1 saturated heterocycles. The van der Waals surface area contributed by atoms with Gasteiger partial charge in [0.25, 0.3) is 5.91 Å². The van der Waals surface area contributed by atoms with Crippen molar-refractivity contribution in [3.63, 3.8) is 0 Å². The third-order valence-electron chi connectivity index (χ3n) is 5.34. The number of piperidine rings is 1. The second kappa shape index (κ2) is 10.0. The minimum absolute atomic E-state index is 0.0650. The Bertz CT molecular complexity index is 934. The van der Waals surface area contributed by atoms with Crippen LogP contribution in [0.4, 0.5) is 0 Å². The van der Waals surface area contributed by atoms with E-state index in [1.54, 1.807) is 12.1 Å². The minimum Gasteiger partial charge on any atom is -0.507 e. The van der Waals surface area contributed by atoms with Crippen LogP contribution in [-0.2, 0) is 16.2 Å². The van der Waals surface area contributed by atoms with Gasteiger partial charge in [-0.1, -0.05) is 30.3 Å². The van der Waals surface area contributed by atoms with Gasteiger partial charge in [-0.25, -0.2) is 5.48 Å². The van der Waals surface area contributed by atoms with Gasteiger partial charge in [0.15, 0.2) is 0 Å². The molecule has 0 aliphatic carbocycles. The van der Waals surface area contributed by atoms with Gasteiger partial charge < -0.3 is 15.7 Å². The summed E-state index contributed by atoms with van der Waals surface area (Å²) in [5.74, 6) is -0.349. The summed E-state index contributed by atoms with van der Waals surface area (Å²) >= 11 is 0. The Morgan fingerprint density at radius 1 is 1.23 bits per heavy atom. The first kappa shape index (κ1) is 21.5. The average Bonchev–Trinajstić information content (AvgIpc) is 2.77. The van der Waals surface area contributed by atoms with Crippen LogP contribution in [0.25, 0.3) is 6.08 Å². The predicted molar refractivity (Wildman–Crippen MR) is 115 cm³/mol. The SMILES string of the molecule is CONC(=O)c1ccc(/C=C/C(=O)N2CCC(c3cccc(CN)c3)CC2)cc1O. The van der Waals surface area contributed by atoms with Crippen molar-refractivity contribution >= 4 is 17.9 Å². The van der Waals surface area contributed by atoms with Crippen LogP contribution < -0.4 is 11.2 Å². The van der Waals surface area contributed by atoms with Gasteiger partial charge in [-0.3, -0.25) is 14.4 Å². The molecule has 0 atom stereocenters. The second-order valence-electron chi connectivity index (χ2n) is 7.29. The van der Waals surface area contributed by atoms with Crippen molar-refractivity contribution in [2.75, 3.05) is 20.2 Å². The number of hydrogen-bond donors (Lipinski definition) is 3. The minimum atomic E-state index is -0.540. The number of aromatic hydroxyl groups is 1. The first-order chi connectivity index (χ1) is 14.5. The van der Waals surface area contributed by atoms with E-state index < -0.39 is 5.91 Å². The Hall–Kier alpha value is -3.16. The number of rotatable bonds is 6. The van der Waals surface area contributed by atoms with Gasteiger partial charge in [0.05, 0.1) is 12.7 Å². The highest BCUT2D eigenvalue weighted by Gasteiger charge is 2.22. The molecular formula is C23H27N3O4. The van der Waals surface area contributed by atoms with E-state index >= 15 is 0 Å². The van der Waals surface area contributed by atoms with Crippen LogP contribution in [0.5, 0.6) is 5.75 Å². The summed E-state index contributed by atoms with van der Waals surface area (Å²) in [6.07, 6.45) is 4.96. The van der Waals surface area contributed by atoms with E-state index in [0.29, 0.717) is 31.1 Å². The van der Waals surface area contributed by atoms with E-state index in [1.165, 1.54) is 30.9 Å². The van der Waals surface area contributed by atoms with Crippen LogP contribution in [0, 0.1) is 0 Å². The highest BCUT2D eigenvalue weighted by atomic mass is 16.6. The van der Waals surface area contributed by atoms with E-state index in [0.717, 1.165) is 18.4 Å². The van der Waals surface area contributed by atoms with E-state index in [4.69, 9.17) is 5.73 Å². The molecule has 3 rings (SSSR count). The Labute approximate surface area is 176 Å². The fourth-order valence-corrected chi connectivity index (χ4v) is 3.67.